The Hall–Kier alpha value is -2.82. The van der Waals surface area contributed by atoms with Crippen LogP contribution in [0.2, 0.25) is 5.02 Å². The number of hydrogen-bond acceptors (Lipinski definition) is 5. The Kier molecular flexibility index (Phi) is 3.71. The van der Waals surface area contributed by atoms with Gasteiger partial charge in [0.05, 0.1) is 22.1 Å². The maximum Gasteiger partial charge on any atom is 0.244 e. The average Bonchev–Trinajstić information content (AvgIpc) is 3.23. The first-order chi connectivity index (χ1) is 12.1. The summed E-state index contributed by atoms with van der Waals surface area (Å²) in [5.74, 6) is -1.23. The fourth-order valence-electron chi connectivity index (χ4n) is 2.93. The van der Waals surface area contributed by atoms with Crippen molar-refractivity contribution in [3.05, 3.63) is 69.1 Å². The third kappa shape index (κ3) is 2.38. The lowest BCUT2D eigenvalue weighted by Gasteiger charge is -2.24. The molecule has 0 bridgehead atoms. The van der Waals surface area contributed by atoms with Crippen LogP contribution in [0.1, 0.15) is 17.0 Å². The largest absolute Gasteiger partial charge is 0.420 e. The van der Waals surface area contributed by atoms with E-state index in [1.54, 1.807) is 6.07 Å². The molecule has 0 saturated heterocycles. The molecular weight excluding hydrogens is 363 g/mol. The van der Waals surface area contributed by atoms with Crippen molar-refractivity contribution >= 4 is 22.9 Å². The first-order valence-electron chi connectivity index (χ1n) is 7.25. The number of benzene rings is 1. The van der Waals surface area contributed by atoms with Gasteiger partial charge in [0, 0.05) is 10.6 Å². The topological polar surface area (TPSA) is 87.7 Å². The summed E-state index contributed by atoms with van der Waals surface area (Å²) >= 11 is 7.75. The van der Waals surface area contributed by atoms with Gasteiger partial charge >= 0.3 is 0 Å². The van der Waals surface area contributed by atoms with Crippen LogP contribution in [0.15, 0.2) is 47.2 Å². The molecule has 0 spiro atoms. The van der Waals surface area contributed by atoms with Gasteiger partial charge in [0.1, 0.15) is 17.5 Å². The zero-order valence-corrected chi connectivity index (χ0v) is 14.2. The van der Waals surface area contributed by atoms with Crippen molar-refractivity contribution in [2.75, 3.05) is 0 Å². The molecule has 0 radical (unpaired) electrons. The van der Waals surface area contributed by atoms with Gasteiger partial charge < -0.3 is 10.5 Å². The van der Waals surface area contributed by atoms with E-state index in [2.05, 4.69) is 10.2 Å². The predicted octanol–water partition coefficient (Wildman–Crippen LogP) is 4.15. The van der Waals surface area contributed by atoms with E-state index in [1.165, 1.54) is 23.5 Å². The van der Waals surface area contributed by atoms with Crippen LogP contribution in [0.4, 0.5) is 4.39 Å². The SMILES string of the molecule is N#CC1=C(N)Oc2n[nH]c(-c3cccs3)c2C1c1c(F)cccc1Cl. The Morgan fingerprint density at radius 2 is 2.16 bits per heavy atom. The molecule has 8 heteroatoms. The van der Waals surface area contributed by atoms with E-state index < -0.39 is 11.7 Å². The van der Waals surface area contributed by atoms with Crippen LogP contribution in [0, 0.1) is 17.1 Å². The maximum atomic E-state index is 14.6. The number of nitriles is 1. The molecule has 1 atom stereocenters. The number of H-pyrrole nitrogens is 1. The van der Waals surface area contributed by atoms with Gasteiger partial charge in [0.25, 0.3) is 0 Å². The minimum atomic E-state index is -0.807. The van der Waals surface area contributed by atoms with Crippen molar-refractivity contribution in [1.29, 1.82) is 5.26 Å². The molecular formula is C17H10ClFN4OS. The summed E-state index contributed by atoms with van der Waals surface area (Å²) in [6.07, 6.45) is 0. The maximum absolute atomic E-state index is 14.6. The van der Waals surface area contributed by atoms with Crippen molar-refractivity contribution in [1.82, 2.24) is 10.2 Å². The fourth-order valence-corrected chi connectivity index (χ4v) is 3.94. The van der Waals surface area contributed by atoms with Crippen LogP contribution >= 0.6 is 22.9 Å². The number of nitrogens with two attached hydrogens (primary N) is 1. The quantitative estimate of drug-likeness (QED) is 0.707. The summed E-state index contributed by atoms with van der Waals surface area (Å²) in [5.41, 5.74) is 7.34. The zero-order chi connectivity index (χ0) is 17.6. The molecule has 124 valence electrons. The minimum Gasteiger partial charge on any atom is -0.420 e. The van der Waals surface area contributed by atoms with Gasteiger partial charge in [0.15, 0.2) is 0 Å². The summed E-state index contributed by atoms with van der Waals surface area (Å²) in [7, 11) is 0. The number of allylic oxidation sites excluding steroid dienone is 1. The Morgan fingerprint density at radius 3 is 2.84 bits per heavy atom. The molecule has 1 aliphatic heterocycles. The first-order valence-corrected chi connectivity index (χ1v) is 8.51. The third-order valence-electron chi connectivity index (χ3n) is 3.99. The van der Waals surface area contributed by atoms with Crippen LogP contribution < -0.4 is 10.5 Å². The Morgan fingerprint density at radius 1 is 1.32 bits per heavy atom. The number of thiophene rings is 1. The number of aromatic amines is 1. The van der Waals surface area contributed by atoms with E-state index in [1.807, 2.05) is 23.6 Å². The third-order valence-corrected chi connectivity index (χ3v) is 5.21. The van der Waals surface area contributed by atoms with E-state index in [0.717, 1.165) is 4.88 Å². The smallest absolute Gasteiger partial charge is 0.244 e. The number of aromatic nitrogens is 2. The summed E-state index contributed by atoms with van der Waals surface area (Å²) < 4.78 is 20.1. The summed E-state index contributed by atoms with van der Waals surface area (Å²) in [5, 5.41) is 18.8. The number of nitrogens with zero attached hydrogens (tertiary/aromatic N) is 2. The van der Waals surface area contributed by atoms with Crippen molar-refractivity contribution in [2.24, 2.45) is 5.73 Å². The summed E-state index contributed by atoms with van der Waals surface area (Å²) in [6, 6.07) is 10.2. The molecule has 1 aromatic carbocycles. The molecule has 3 heterocycles. The van der Waals surface area contributed by atoms with E-state index >= 15 is 0 Å². The van der Waals surface area contributed by atoms with Gasteiger partial charge in [0.2, 0.25) is 11.8 Å². The number of fused-ring (bicyclic) bond motifs is 1. The molecule has 1 unspecified atom stereocenters. The molecule has 0 saturated carbocycles. The highest BCUT2D eigenvalue weighted by Crippen LogP contribution is 2.48. The lowest BCUT2D eigenvalue weighted by molar-refractivity contribution is 0.378. The Bertz CT molecular complexity index is 1020. The number of halogens is 2. The van der Waals surface area contributed by atoms with Gasteiger partial charge in [-0.05, 0) is 23.6 Å². The van der Waals surface area contributed by atoms with E-state index in [-0.39, 0.29) is 27.9 Å². The van der Waals surface area contributed by atoms with Crippen molar-refractivity contribution in [3.63, 3.8) is 0 Å². The lowest BCUT2D eigenvalue weighted by atomic mass is 9.83. The molecule has 0 fully saturated rings. The second kappa shape index (κ2) is 5.92. The molecule has 25 heavy (non-hydrogen) atoms. The molecule has 3 aromatic rings. The van der Waals surface area contributed by atoms with Gasteiger partial charge in [-0.3, -0.25) is 5.10 Å². The Labute approximate surface area is 151 Å². The second-order valence-corrected chi connectivity index (χ2v) is 6.71. The average molecular weight is 373 g/mol. The standard InChI is InChI=1S/C17H10ClFN4OS/c18-9-3-1-4-10(19)13(9)12-8(7-20)16(21)24-17-14(12)15(22-23-17)11-5-2-6-25-11/h1-6,12H,21H2,(H,22,23). The van der Waals surface area contributed by atoms with Crippen LogP contribution in [-0.4, -0.2) is 10.2 Å². The van der Waals surface area contributed by atoms with Gasteiger partial charge in [-0.25, -0.2) is 4.39 Å². The molecule has 4 rings (SSSR count). The normalized spacial score (nSPS) is 16.3. The van der Waals surface area contributed by atoms with Crippen molar-refractivity contribution < 1.29 is 9.13 Å². The fraction of sp³-hybridized carbons (Fsp3) is 0.0588. The molecule has 5 nitrogen and oxygen atoms in total. The van der Waals surface area contributed by atoms with Gasteiger partial charge in [-0.2, -0.15) is 5.26 Å². The monoisotopic (exact) mass is 372 g/mol. The number of nitrogens with one attached hydrogen (secondary N) is 1. The molecule has 0 aliphatic carbocycles. The van der Waals surface area contributed by atoms with Crippen LogP contribution in [0.5, 0.6) is 5.88 Å². The molecule has 1 aliphatic rings. The minimum absolute atomic E-state index is 0.0960. The van der Waals surface area contributed by atoms with Crippen molar-refractivity contribution in [3.8, 4) is 22.5 Å². The van der Waals surface area contributed by atoms with Crippen LogP contribution in [-0.2, 0) is 0 Å². The Balaban J connectivity index is 2.03. The van der Waals surface area contributed by atoms with E-state index in [0.29, 0.717) is 11.3 Å². The van der Waals surface area contributed by atoms with Gasteiger partial charge in [-0.1, -0.05) is 23.7 Å². The van der Waals surface area contributed by atoms with E-state index in [4.69, 9.17) is 22.1 Å². The van der Waals surface area contributed by atoms with Crippen LogP contribution in [0.25, 0.3) is 10.6 Å². The molecule has 0 amide bonds. The van der Waals surface area contributed by atoms with E-state index in [9.17, 15) is 9.65 Å². The zero-order valence-electron chi connectivity index (χ0n) is 12.6. The number of rotatable bonds is 2. The number of ether oxygens (including phenoxy) is 1. The summed E-state index contributed by atoms with van der Waals surface area (Å²) in [6.45, 7) is 0. The summed E-state index contributed by atoms with van der Waals surface area (Å²) in [4.78, 5) is 0.882. The highest BCUT2D eigenvalue weighted by molar-refractivity contribution is 7.13. The molecule has 3 N–H and O–H groups in total. The predicted molar refractivity (Wildman–Crippen MR) is 92.6 cm³/mol. The first kappa shape index (κ1) is 15.7. The van der Waals surface area contributed by atoms with Crippen molar-refractivity contribution in [2.45, 2.75) is 5.92 Å². The highest BCUT2D eigenvalue weighted by atomic mass is 35.5. The van der Waals surface area contributed by atoms with Crippen LogP contribution in [0.3, 0.4) is 0 Å². The number of hydrogen-bond donors (Lipinski definition) is 2. The highest BCUT2D eigenvalue weighted by Gasteiger charge is 2.38. The molecule has 2 aromatic heterocycles. The van der Waals surface area contributed by atoms with Gasteiger partial charge in [-0.15, -0.1) is 16.4 Å². The lowest BCUT2D eigenvalue weighted by Crippen LogP contribution is -2.21. The second-order valence-electron chi connectivity index (χ2n) is 5.35.